The smallest absolute Gasteiger partial charge is 0.332 e. The first-order valence-electron chi connectivity index (χ1n) is 8.82. The minimum absolute atomic E-state index is 0.312. The van der Waals surface area contributed by atoms with Crippen molar-refractivity contribution < 1.29 is 4.74 Å². The second-order valence-electron chi connectivity index (χ2n) is 6.76. The zero-order valence-electron chi connectivity index (χ0n) is 15.5. The molecular formula is C18H19Cl2N5O3. The molecule has 1 aliphatic rings. The van der Waals surface area contributed by atoms with Crippen LogP contribution >= 0.6 is 23.2 Å². The number of aromatic nitrogens is 4. The summed E-state index contributed by atoms with van der Waals surface area (Å²) >= 11 is 11.9. The van der Waals surface area contributed by atoms with Gasteiger partial charge in [-0.3, -0.25) is 18.8 Å². The monoisotopic (exact) mass is 423 g/mol. The van der Waals surface area contributed by atoms with Crippen molar-refractivity contribution in [3.63, 3.8) is 0 Å². The molecule has 8 nitrogen and oxygen atoms in total. The van der Waals surface area contributed by atoms with E-state index in [1.54, 1.807) is 25.2 Å². The average Bonchev–Trinajstić information content (AvgIpc) is 3.06. The molecule has 0 saturated heterocycles. The number of fused-ring (bicyclic) bond motifs is 3. The third kappa shape index (κ3) is 3.21. The molecule has 0 fully saturated rings. The van der Waals surface area contributed by atoms with Crippen molar-refractivity contribution in [2.75, 3.05) is 19.7 Å². The lowest BCUT2D eigenvalue weighted by molar-refractivity contribution is 0.176. The summed E-state index contributed by atoms with van der Waals surface area (Å²) in [5.41, 5.74) is 0.219. The number of imidazole rings is 1. The SMILES string of the molecule is Cn1c(=O)c2c(nc3n2CCN(CCOc2ccc(Cl)c(Cl)c2)C3)n(C)c1=O. The van der Waals surface area contributed by atoms with Gasteiger partial charge in [-0.15, -0.1) is 0 Å². The Bertz CT molecular complexity index is 1180. The second-order valence-corrected chi connectivity index (χ2v) is 7.57. The van der Waals surface area contributed by atoms with E-state index in [1.165, 1.54) is 11.6 Å². The molecule has 0 unspecified atom stereocenters. The van der Waals surface area contributed by atoms with E-state index >= 15 is 0 Å². The molecular weight excluding hydrogens is 405 g/mol. The van der Waals surface area contributed by atoms with E-state index in [4.69, 9.17) is 27.9 Å². The summed E-state index contributed by atoms with van der Waals surface area (Å²) in [6.07, 6.45) is 0. The van der Waals surface area contributed by atoms with Gasteiger partial charge in [0, 0.05) is 39.8 Å². The number of aryl methyl sites for hydroxylation is 1. The van der Waals surface area contributed by atoms with Crippen LogP contribution in [0.25, 0.3) is 11.2 Å². The summed E-state index contributed by atoms with van der Waals surface area (Å²) in [7, 11) is 3.12. The van der Waals surface area contributed by atoms with E-state index in [1.807, 2.05) is 4.57 Å². The van der Waals surface area contributed by atoms with E-state index in [0.29, 0.717) is 53.2 Å². The molecule has 0 saturated carbocycles. The van der Waals surface area contributed by atoms with Gasteiger partial charge in [-0.25, -0.2) is 9.78 Å². The zero-order chi connectivity index (χ0) is 20.0. The predicted molar refractivity (Wildman–Crippen MR) is 107 cm³/mol. The molecule has 0 aliphatic carbocycles. The molecule has 28 heavy (non-hydrogen) atoms. The van der Waals surface area contributed by atoms with Crippen LogP contribution in [0.5, 0.6) is 5.75 Å². The van der Waals surface area contributed by atoms with Crippen molar-refractivity contribution in [3.8, 4) is 5.75 Å². The van der Waals surface area contributed by atoms with E-state index in [0.717, 1.165) is 16.9 Å². The first-order chi connectivity index (χ1) is 13.4. The van der Waals surface area contributed by atoms with Crippen LogP contribution < -0.4 is 16.0 Å². The lowest BCUT2D eigenvalue weighted by Crippen LogP contribution is -2.39. The fourth-order valence-corrected chi connectivity index (χ4v) is 3.71. The minimum atomic E-state index is -0.375. The molecule has 0 amide bonds. The number of ether oxygens (including phenoxy) is 1. The van der Waals surface area contributed by atoms with E-state index in [-0.39, 0.29) is 11.2 Å². The summed E-state index contributed by atoms with van der Waals surface area (Å²) in [5.74, 6) is 1.44. The summed E-state index contributed by atoms with van der Waals surface area (Å²) in [4.78, 5) is 31.4. The van der Waals surface area contributed by atoms with Crippen LogP contribution in [0, 0.1) is 0 Å². The Morgan fingerprint density at radius 2 is 1.89 bits per heavy atom. The van der Waals surface area contributed by atoms with Gasteiger partial charge in [-0.1, -0.05) is 23.2 Å². The summed E-state index contributed by atoms with van der Waals surface area (Å²) in [5, 5.41) is 0.947. The molecule has 1 aliphatic heterocycles. The molecule has 10 heteroatoms. The number of benzene rings is 1. The maximum atomic E-state index is 12.5. The Balaban J connectivity index is 1.50. The average molecular weight is 424 g/mol. The highest BCUT2D eigenvalue weighted by Gasteiger charge is 2.24. The molecule has 3 aromatic rings. The Morgan fingerprint density at radius 1 is 1.11 bits per heavy atom. The van der Waals surface area contributed by atoms with Gasteiger partial charge in [-0.2, -0.15) is 0 Å². The number of rotatable bonds is 4. The van der Waals surface area contributed by atoms with Gasteiger partial charge in [0.15, 0.2) is 11.2 Å². The Labute approximate surface area is 170 Å². The van der Waals surface area contributed by atoms with Crippen molar-refractivity contribution in [2.45, 2.75) is 13.1 Å². The lowest BCUT2D eigenvalue weighted by Gasteiger charge is -2.27. The number of hydrogen-bond donors (Lipinski definition) is 0. The van der Waals surface area contributed by atoms with Gasteiger partial charge in [0.2, 0.25) is 0 Å². The maximum Gasteiger partial charge on any atom is 0.332 e. The normalized spacial score (nSPS) is 14.4. The maximum absolute atomic E-state index is 12.5. The molecule has 4 rings (SSSR count). The molecule has 0 bridgehead atoms. The van der Waals surface area contributed by atoms with Crippen LogP contribution in [0.4, 0.5) is 0 Å². The first-order valence-corrected chi connectivity index (χ1v) is 9.57. The van der Waals surface area contributed by atoms with Crippen molar-refractivity contribution >= 4 is 34.4 Å². The highest BCUT2D eigenvalue weighted by atomic mass is 35.5. The summed E-state index contributed by atoms with van der Waals surface area (Å²) in [6, 6.07) is 5.17. The Morgan fingerprint density at radius 3 is 2.64 bits per heavy atom. The molecule has 1 aromatic carbocycles. The van der Waals surface area contributed by atoms with Crippen molar-refractivity contribution in [1.29, 1.82) is 0 Å². The van der Waals surface area contributed by atoms with Crippen LogP contribution in [0.15, 0.2) is 27.8 Å². The van der Waals surface area contributed by atoms with E-state index in [2.05, 4.69) is 9.88 Å². The van der Waals surface area contributed by atoms with E-state index in [9.17, 15) is 9.59 Å². The quantitative estimate of drug-likeness (QED) is 0.637. The fraction of sp³-hybridized carbons (Fsp3) is 0.389. The molecule has 0 N–H and O–H groups in total. The van der Waals surface area contributed by atoms with Gasteiger partial charge >= 0.3 is 5.69 Å². The van der Waals surface area contributed by atoms with Gasteiger partial charge in [0.25, 0.3) is 5.56 Å². The molecule has 2 aromatic heterocycles. The van der Waals surface area contributed by atoms with Crippen molar-refractivity contribution in [3.05, 3.63) is 54.9 Å². The Hall–Kier alpha value is -2.29. The summed E-state index contributed by atoms with van der Waals surface area (Å²) in [6.45, 7) is 3.15. The molecule has 3 heterocycles. The molecule has 0 atom stereocenters. The fourth-order valence-electron chi connectivity index (χ4n) is 3.42. The van der Waals surface area contributed by atoms with Crippen molar-refractivity contribution in [1.82, 2.24) is 23.6 Å². The van der Waals surface area contributed by atoms with Gasteiger partial charge in [0.1, 0.15) is 18.2 Å². The van der Waals surface area contributed by atoms with Crippen LogP contribution in [0.1, 0.15) is 5.82 Å². The van der Waals surface area contributed by atoms with Gasteiger partial charge in [0.05, 0.1) is 16.6 Å². The number of halogens is 2. The zero-order valence-corrected chi connectivity index (χ0v) is 17.0. The second kappa shape index (κ2) is 7.27. The van der Waals surface area contributed by atoms with Crippen LogP contribution in [-0.4, -0.2) is 43.3 Å². The van der Waals surface area contributed by atoms with Crippen LogP contribution in [0.2, 0.25) is 10.0 Å². The van der Waals surface area contributed by atoms with E-state index < -0.39 is 0 Å². The number of nitrogens with zero attached hydrogens (tertiary/aromatic N) is 5. The predicted octanol–water partition coefficient (Wildman–Crippen LogP) is 1.64. The van der Waals surface area contributed by atoms with Crippen LogP contribution in [-0.2, 0) is 27.2 Å². The minimum Gasteiger partial charge on any atom is -0.492 e. The van der Waals surface area contributed by atoms with Gasteiger partial charge < -0.3 is 9.30 Å². The largest absolute Gasteiger partial charge is 0.492 e. The van der Waals surface area contributed by atoms with Crippen molar-refractivity contribution in [2.24, 2.45) is 14.1 Å². The molecule has 0 spiro atoms. The third-order valence-electron chi connectivity index (χ3n) is 5.00. The summed E-state index contributed by atoms with van der Waals surface area (Å²) < 4.78 is 10.2. The number of hydrogen-bond acceptors (Lipinski definition) is 5. The molecule has 0 radical (unpaired) electrons. The van der Waals surface area contributed by atoms with Crippen LogP contribution in [0.3, 0.4) is 0 Å². The third-order valence-corrected chi connectivity index (χ3v) is 5.74. The Kier molecular flexibility index (Phi) is 4.95. The topological polar surface area (TPSA) is 74.3 Å². The van der Waals surface area contributed by atoms with Gasteiger partial charge in [-0.05, 0) is 12.1 Å². The standard InChI is InChI=1S/C18H19Cl2N5O3/c1-22-16-15(17(26)23(2)18(22)27)25-6-5-24(10-14(25)21-16)7-8-28-11-3-4-12(19)13(20)9-11/h3-4,9H,5-8,10H2,1-2H3. The highest BCUT2D eigenvalue weighted by Crippen LogP contribution is 2.26. The lowest BCUT2D eigenvalue weighted by atomic mass is 10.3. The molecule has 148 valence electrons. The first kappa shape index (κ1) is 19.0. The highest BCUT2D eigenvalue weighted by molar-refractivity contribution is 6.42.